The fourth-order valence-electron chi connectivity index (χ4n) is 4.49. The summed E-state index contributed by atoms with van der Waals surface area (Å²) < 4.78 is 10.5. The first-order valence-electron chi connectivity index (χ1n) is 9.35. The molecule has 0 radical (unpaired) electrons. The maximum atomic E-state index is 12.7. The maximum absolute atomic E-state index is 12.7. The molecule has 3 heteroatoms. The molecule has 1 aliphatic rings. The Morgan fingerprint density at radius 1 is 1.08 bits per heavy atom. The van der Waals surface area contributed by atoms with Gasteiger partial charge in [-0.1, -0.05) is 48.9 Å². The molecule has 0 N–H and O–H groups in total. The quantitative estimate of drug-likeness (QED) is 0.710. The molecule has 0 spiro atoms. The molecule has 3 rings (SSSR count). The Hall–Kier alpha value is -2.29. The van der Waals surface area contributed by atoms with Gasteiger partial charge in [-0.2, -0.15) is 0 Å². The molecule has 3 atom stereocenters. The molecule has 1 saturated carbocycles. The van der Waals surface area contributed by atoms with E-state index in [-0.39, 0.29) is 11.9 Å². The average Bonchev–Trinajstić information content (AvgIpc) is 2.70. The van der Waals surface area contributed by atoms with E-state index in [0.717, 1.165) is 31.4 Å². The van der Waals surface area contributed by atoms with Gasteiger partial charge in [-0.25, -0.2) is 0 Å². The predicted molar refractivity (Wildman–Crippen MR) is 103 cm³/mol. The van der Waals surface area contributed by atoms with Crippen LogP contribution >= 0.6 is 0 Å². The summed E-state index contributed by atoms with van der Waals surface area (Å²) >= 11 is 0. The molecule has 0 bridgehead atoms. The van der Waals surface area contributed by atoms with Crippen molar-refractivity contribution in [3.8, 4) is 5.75 Å². The van der Waals surface area contributed by atoms with E-state index in [0.29, 0.717) is 5.92 Å². The molecular formula is C23H28O3. The van der Waals surface area contributed by atoms with E-state index in [2.05, 4.69) is 43.3 Å². The molecule has 2 aromatic rings. The number of carbonyl (C=O) groups excluding carboxylic acids is 1. The second-order valence-electron chi connectivity index (χ2n) is 7.48. The molecule has 0 aromatic heterocycles. The largest absolute Gasteiger partial charge is 0.497 e. The van der Waals surface area contributed by atoms with Gasteiger partial charge in [-0.05, 0) is 61.3 Å². The highest BCUT2D eigenvalue weighted by atomic mass is 16.5. The van der Waals surface area contributed by atoms with E-state index >= 15 is 0 Å². The summed E-state index contributed by atoms with van der Waals surface area (Å²) in [5.74, 6) is 1.31. The highest BCUT2D eigenvalue weighted by Crippen LogP contribution is 2.50. The Bertz CT molecular complexity index is 723. The van der Waals surface area contributed by atoms with Crippen LogP contribution in [0.4, 0.5) is 0 Å². The first kappa shape index (κ1) is 18.5. The van der Waals surface area contributed by atoms with Gasteiger partial charge in [0.05, 0.1) is 19.6 Å². The molecular weight excluding hydrogens is 324 g/mol. The van der Waals surface area contributed by atoms with Gasteiger partial charge >= 0.3 is 5.97 Å². The monoisotopic (exact) mass is 352 g/mol. The van der Waals surface area contributed by atoms with Crippen LogP contribution in [0.25, 0.3) is 0 Å². The highest BCUT2D eigenvalue weighted by Gasteiger charge is 2.48. The van der Waals surface area contributed by atoms with Crippen LogP contribution in [-0.4, -0.2) is 20.2 Å². The van der Waals surface area contributed by atoms with Crippen molar-refractivity contribution in [2.24, 2.45) is 11.3 Å². The zero-order chi connectivity index (χ0) is 18.6. The van der Waals surface area contributed by atoms with Crippen molar-refractivity contribution in [1.29, 1.82) is 0 Å². The topological polar surface area (TPSA) is 35.5 Å². The van der Waals surface area contributed by atoms with Crippen LogP contribution in [0.15, 0.2) is 54.6 Å². The standard InChI is InChI=1S/C23H28O3/c1-23(22(24)26-3)15-7-10-20(18-11-13-19(25-2)14-12-18)21(23)16-17-8-5-4-6-9-17/h4-6,8-9,11-14,20-21H,7,10,15-16H2,1-3H3/t20-,21-,23+/m1/s1. The third kappa shape index (κ3) is 3.62. The first-order valence-corrected chi connectivity index (χ1v) is 9.35. The molecule has 26 heavy (non-hydrogen) atoms. The lowest BCUT2D eigenvalue weighted by molar-refractivity contribution is -0.158. The van der Waals surface area contributed by atoms with Crippen molar-refractivity contribution >= 4 is 5.97 Å². The molecule has 138 valence electrons. The van der Waals surface area contributed by atoms with Crippen molar-refractivity contribution < 1.29 is 14.3 Å². The van der Waals surface area contributed by atoms with E-state index in [1.165, 1.54) is 18.2 Å². The van der Waals surface area contributed by atoms with Gasteiger partial charge in [0.1, 0.15) is 5.75 Å². The van der Waals surface area contributed by atoms with Gasteiger partial charge in [0, 0.05) is 0 Å². The third-order valence-electron chi connectivity index (χ3n) is 6.01. The molecule has 1 fully saturated rings. The number of rotatable bonds is 5. The first-order chi connectivity index (χ1) is 12.6. The molecule has 0 saturated heterocycles. The molecule has 0 heterocycles. The number of ether oxygens (including phenoxy) is 2. The summed E-state index contributed by atoms with van der Waals surface area (Å²) in [5.41, 5.74) is 2.09. The van der Waals surface area contributed by atoms with Gasteiger partial charge in [0.2, 0.25) is 0 Å². The number of esters is 1. The second kappa shape index (κ2) is 7.94. The maximum Gasteiger partial charge on any atom is 0.311 e. The summed E-state index contributed by atoms with van der Waals surface area (Å²) in [6.07, 6.45) is 3.89. The lowest BCUT2D eigenvalue weighted by Crippen LogP contribution is -2.44. The fraction of sp³-hybridized carbons (Fsp3) is 0.435. The Morgan fingerprint density at radius 2 is 1.77 bits per heavy atom. The second-order valence-corrected chi connectivity index (χ2v) is 7.48. The number of methoxy groups -OCH3 is 2. The molecule has 3 nitrogen and oxygen atoms in total. The predicted octanol–water partition coefficient (Wildman–Crippen LogP) is 5.00. The normalized spacial score (nSPS) is 25.5. The Balaban J connectivity index is 1.98. The summed E-state index contributed by atoms with van der Waals surface area (Å²) in [6.45, 7) is 2.09. The summed E-state index contributed by atoms with van der Waals surface area (Å²) in [7, 11) is 3.19. The van der Waals surface area contributed by atoms with Gasteiger partial charge in [-0.3, -0.25) is 4.79 Å². The van der Waals surface area contributed by atoms with E-state index in [9.17, 15) is 4.79 Å². The summed E-state index contributed by atoms with van der Waals surface area (Å²) in [4.78, 5) is 12.7. The van der Waals surface area contributed by atoms with Crippen LogP contribution in [0.5, 0.6) is 5.75 Å². The minimum atomic E-state index is -0.465. The number of hydrogen-bond donors (Lipinski definition) is 0. The molecule has 2 aromatic carbocycles. The number of carbonyl (C=O) groups is 1. The minimum Gasteiger partial charge on any atom is -0.497 e. The fourth-order valence-corrected chi connectivity index (χ4v) is 4.49. The van der Waals surface area contributed by atoms with Crippen LogP contribution in [0, 0.1) is 11.3 Å². The van der Waals surface area contributed by atoms with Crippen LogP contribution in [-0.2, 0) is 16.0 Å². The Labute approximate surface area is 156 Å². The summed E-state index contributed by atoms with van der Waals surface area (Å²) in [6, 6.07) is 18.8. The van der Waals surface area contributed by atoms with Gasteiger partial charge in [0.25, 0.3) is 0 Å². The highest BCUT2D eigenvalue weighted by molar-refractivity contribution is 5.77. The van der Waals surface area contributed by atoms with E-state index < -0.39 is 5.41 Å². The zero-order valence-corrected chi connectivity index (χ0v) is 15.9. The van der Waals surface area contributed by atoms with Crippen molar-refractivity contribution in [2.75, 3.05) is 14.2 Å². The molecule has 0 amide bonds. The number of hydrogen-bond acceptors (Lipinski definition) is 3. The van der Waals surface area contributed by atoms with Crippen molar-refractivity contribution in [2.45, 2.75) is 38.5 Å². The molecule has 0 unspecified atom stereocenters. The van der Waals surface area contributed by atoms with E-state index in [1.807, 2.05) is 18.2 Å². The lowest BCUT2D eigenvalue weighted by Gasteiger charge is -2.44. The van der Waals surface area contributed by atoms with Crippen LogP contribution < -0.4 is 4.74 Å². The van der Waals surface area contributed by atoms with Gasteiger partial charge in [0.15, 0.2) is 0 Å². The molecule has 0 aliphatic heterocycles. The Kier molecular flexibility index (Phi) is 5.65. The lowest BCUT2D eigenvalue weighted by atomic mass is 9.59. The van der Waals surface area contributed by atoms with Crippen LogP contribution in [0.2, 0.25) is 0 Å². The van der Waals surface area contributed by atoms with Crippen molar-refractivity contribution in [1.82, 2.24) is 0 Å². The minimum absolute atomic E-state index is 0.0864. The summed E-state index contributed by atoms with van der Waals surface area (Å²) in [5, 5.41) is 0. The average molecular weight is 352 g/mol. The third-order valence-corrected chi connectivity index (χ3v) is 6.01. The molecule has 1 aliphatic carbocycles. The van der Waals surface area contributed by atoms with E-state index in [4.69, 9.17) is 9.47 Å². The smallest absolute Gasteiger partial charge is 0.311 e. The van der Waals surface area contributed by atoms with Crippen molar-refractivity contribution in [3.63, 3.8) is 0 Å². The van der Waals surface area contributed by atoms with Gasteiger partial charge in [-0.15, -0.1) is 0 Å². The zero-order valence-electron chi connectivity index (χ0n) is 15.9. The Morgan fingerprint density at radius 3 is 2.38 bits per heavy atom. The van der Waals surface area contributed by atoms with Crippen LogP contribution in [0.3, 0.4) is 0 Å². The van der Waals surface area contributed by atoms with Crippen molar-refractivity contribution in [3.05, 3.63) is 65.7 Å². The number of benzene rings is 2. The van der Waals surface area contributed by atoms with E-state index in [1.54, 1.807) is 7.11 Å². The SMILES string of the molecule is COC(=O)[C@@]1(C)CCC[C@H](c2ccc(OC)cc2)[C@H]1Cc1ccccc1. The van der Waals surface area contributed by atoms with Crippen LogP contribution in [0.1, 0.15) is 43.2 Å². The van der Waals surface area contributed by atoms with Gasteiger partial charge < -0.3 is 9.47 Å².